The summed E-state index contributed by atoms with van der Waals surface area (Å²) in [6.07, 6.45) is 0.923. The zero-order chi connectivity index (χ0) is 13.7. The minimum absolute atomic E-state index is 0.135. The lowest BCUT2D eigenvalue weighted by atomic mass is 10.3. The van der Waals surface area contributed by atoms with Crippen LogP contribution in [0.3, 0.4) is 0 Å². The number of aromatic nitrogens is 2. The maximum absolute atomic E-state index is 12.2. The van der Waals surface area contributed by atoms with Gasteiger partial charge in [-0.25, -0.2) is 5.10 Å². The van der Waals surface area contributed by atoms with Crippen LogP contribution in [0, 0.1) is 0 Å². The van der Waals surface area contributed by atoms with Gasteiger partial charge in [0.2, 0.25) is 0 Å². The number of nitrogens with zero attached hydrogens (tertiary/aromatic N) is 3. The third-order valence-electron chi connectivity index (χ3n) is 3.17. The minimum Gasteiger partial charge on any atom is -0.336 e. The van der Waals surface area contributed by atoms with Gasteiger partial charge in [-0.3, -0.25) is 9.59 Å². The van der Waals surface area contributed by atoms with Crippen LogP contribution >= 0.6 is 11.6 Å². The molecular weight excluding hydrogens is 268 g/mol. The minimum atomic E-state index is -0.305. The molecule has 0 unspecified atom stereocenters. The van der Waals surface area contributed by atoms with Crippen LogP contribution in [0.5, 0.6) is 0 Å². The summed E-state index contributed by atoms with van der Waals surface area (Å²) in [5, 5.41) is 6.06. The number of halogens is 1. The molecule has 6 nitrogen and oxygen atoms in total. The topological polar surface area (TPSA) is 69.3 Å². The lowest BCUT2D eigenvalue weighted by molar-refractivity contribution is 0.0754. The SMILES string of the molecule is O=C(c1ccc(=O)[nH]n1)N1CCCN(CCCl)CC1. The Morgan fingerprint density at radius 2 is 2.16 bits per heavy atom. The van der Waals surface area contributed by atoms with Crippen LogP contribution < -0.4 is 5.56 Å². The van der Waals surface area contributed by atoms with Crippen LogP contribution in [0.1, 0.15) is 16.9 Å². The molecule has 1 aromatic rings. The normalized spacial score (nSPS) is 17.2. The molecule has 1 amide bonds. The van der Waals surface area contributed by atoms with Crippen molar-refractivity contribution in [1.82, 2.24) is 20.0 Å². The van der Waals surface area contributed by atoms with Crippen molar-refractivity contribution in [3.63, 3.8) is 0 Å². The van der Waals surface area contributed by atoms with E-state index >= 15 is 0 Å². The quantitative estimate of drug-likeness (QED) is 0.803. The van der Waals surface area contributed by atoms with Crippen molar-refractivity contribution in [2.45, 2.75) is 6.42 Å². The van der Waals surface area contributed by atoms with Crippen molar-refractivity contribution >= 4 is 17.5 Å². The van der Waals surface area contributed by atoms with E-state index in [9.17, 15) is 9.59 Å². The maximum Gasteiger partial charge on any atom is 0.274 e. The van der Waals surface area contributed by atoms with Gasteiger partial charge >= 0.3 is 0 Å². The molecule has 7 heteroatoms. The Labute approximate surface area is 116 Å². The fourth-order valence-corrected chi connectivity index (χ4v) is 2.38. The molecule has 0 radical (unpaired) electrons. The number of carbonyl (C=O) groups is 1. The summed E-state index contributed by atoms with van der Waals surface area (Å²) in [6.45, 7) is 3.99. The first-order valence-electron chi connectivity index (χ1n) is 6.34. The Morgan fingerprint density at radius 1 is 1.32 bits per heavy atom. The molecule has 2 rings (SSSR count). The summed E-state index contributed by atoms with van der Waals surface area (Å²) in [7, 11) is 0. The van der Waals surface area contributed by atoms with Gasteiger partial charge in [0.05, 0.1) is 0 Å². The van der Waals surface area contributed by atoms with Gasteiger partial charge in [0.1, 0.15) is 5.69 Å². The largest absolute Gasteiger partial charge is 0.336 e. The summed E-state index contributed by atoms with van der Waals surface area (Å²) in [5.74, 6) is 0.471. The number of hydrogen-bond acceptors (Lipinski definition) is 4. The number of rotatable bonds is 3. The van der Waals surface area contributed by atoms with Crippen LogP contribution in [0.15, 0.2) is 16.9 Å². The average Bonchev–Trinajstić information content (AvgIpc) is 2.65. The molecule has 19 heavy (non-hydrogen) atoms. The number of aromatic amines is 1. The fourth-order valence-electron chi connectivity index (χ4n) is 2.14. The van der Waals surface area contributed by atoms with Crippen LogP contribution in [-0.2, 0) is 0 Å². The van der Waals surface area contributed by atoms with Crippen molar-refractivity contribution in [3.05, 3.63) is 28.2 Å². The molecule has 1 aliphatic heterocycles. The summed E-state index contributed by atoms with van der Waals surface area (Å²) < 4.78 is 0. The molecule has 2 heterocycles. The van der Waals surface area contributed by atoms with Crippen LogP contribution in [0.2, 0.25) is 0 Å². The Morgan fingerprint density at radius 3 is 2.84 bits per heavy atom. The number of hydrogen-bond donors (Lipinski definition) is 1. The first-order chi connectivity index (χ1) is 9.20. The second-order valence-electron chi connectivity index (χ2n) is 4.48. The van der Waals surface area contributed by atoms with Crippen LogP contribution in [-0.4, -0.2) is 64.5 Å². The zero-order valence-electron chi connectivity index (χ0n) is 10.6. The molecule has 0 bridgehead atoms. The van der Waals surface area contributed by atoms with Crippen LogP contribution in [0.4, 0.5) is 0 Å². The highest BCUT2D eigenvalue weighted by atomic mass is 35.5. The lowest BCUT2D eigenvalue weighted by Crippen LogP contribution is -2.36. The molecule has 0 atom stereocenters. The van der Waals surface area contributed by atoms with E-state index in [1.54, 1.807) is 4.90 Å². The molecule has 1 saturated heterocycles. The van der Waals surface area contributed by atoms with Gasteiger partial charge in [0.15, 0.2) is 0 Å². The number of H-pyrrole nitrogens is 1. The van der Waals surface area contributed by atoms with Gasteiger partial charge in [0, 0.05) is 38.1 Å². The average molecular weight is 285 g/mol. The Balaban J connectivity index is 1.99. The van der Waals surface area contributed by atoms with Gasteiger partial charge < -0.3 is 9.80 Å². The highest BCUT2D eigenvalue weighted by Crippen LogP contribution is 2.06. The predicted molar refractivity (Wildman–Crippen MR) is 72.5 cm³/mol. The number of amides is 1. The van der Waals surface area contributed by atoms with E-state index in [0.29, 0.717) is 19.0 Å². The number of alkyl halides is 1. The molecule has 1 N–H and O–H groups in total. The van der Waals surface area contributed by atoms with Crippen molar-refractivity contribution < 1.29 is 4.79 Å². The molecular formula is C12H17ClN4O2. The van der Waals surface area contributed by atoms with E-state index in [1.807, 2.05) is 0 Å². The summed E-state index contributed by atoms with van der Waals surface area (Å²) >= 11 is 5.73. The highest BCUT2D eigenvalue weighted by molar-refractivity contribution is 6.18. The monoisotopic (exact) mass is 284 g/mol. The molecule has 0 aliphatic carbocycles. The first-order valence-corrected chi connectivity index (χ1v) is 6.87. The van der Waals surface area contributed by atoms with E-state index in [4.69, 9.17) is 11.6 Å². The summed E-state index contributed by atoms with van der Waals surface area (Å²) in [5.41, 5.74) is -0.0221. The van der Waals surface area contributed by atoms with Gasteiger partial charge in [-0.05, 0) is 19.0 Å². The van der Waals surface area contributed by atoms with Gasteiger partial charge in [-0.15, -0.1) is 11.6 Å². The lowest BCUT2D eigenvalue weighted by Gasteiger charge is -2.20. The number of nitrogens with one attached hydrogen (secondary N) is 1. The molecule has 0 aromatic carbocycles. The second kappa shape index (κ2) is 6.68. The Kier molecular flexibility index (Phi) is 4.93. The maximum atomic E-state index is 12.2. The predicted octanol–water partition coefficient (Wildman–Crippen LogP) is 0.157. The molecule has 1 aromatic heterocycles. The van der Waals surface area contributed by atoms with Crippen molar-refractivity contribution in [3.8, 4) is 0 Å². The van der Waals surface area contributed by atoms with E-state index in [-0.39, 0.29) is 17.2 Å². The zero-order valence-corrected chi connectivity index (χ0v) is 11.4. The van der Waals surface area contributed by atoms with Gasteiger partial charge in [0.25, 0.3) is 11.5 Å². The fraction of sp³-hybridized carbons (Fsp3) is 0.583. The molecule has 1 aliphatic rings. The molecule has 0 spiro atoms. The van der Waals surface area contributed by atoms with Gasteiger partial charge in [-0.2, -0.15) is 5.10 Å². The van der Waals surface area contributed by atoms with E-state index in [2.05, 4.69) is 15.1 Å². The Bertz CT molecular complexity index is 470. The van der Waals surface area contributed by atoms with Crippen molar-refractivity contribution in [2.75, 3.05) is 38.6 Å². The molecule has 104 valence electrons. The van der Waals surface area contributed by atoms with Crippen molar-refractivity contribution in [1.29, 1.82) is 0 Å². The molecule has 1 fully saturated rings. The second-order valence-corrected chi connectivity index (χ2v) is 4.86. The Hall–Kier alpha value is -1.40. The van der Waals surface area contributed by atoms with E-state index < -0.39 is 0 Å². The highest BCUT2D eigenvalue weighted by Gasteiger charge is 2.20. The first kappa shape index (κ1) is 14.0. The standard InChI is InChI=1S/C12H17ClN4O2/c13-4-7-16-5-1-6-17(9-8-16)12(19)10-2-3-11(18)15-14-10/h2-3H,1,4-9H2,(H,15,18). The van der Waals surface area contributed by atoms with E-state index in [0.717, 1.165) is 26.1 Å². The summed E-state index contributed by atoms with van der Waals surface area (Å²) in [6, 6.07) is 2.78. The molecule has 0 saturated carbocycles. The summed E-state index contributed by atoms with van der Waals surface area (Å²) in [4.78, 5) is 27.2. The number of carbonyl (C=O) groups excluding carboxylic acids is 1. The third-order valence-corrected chi connectivity index (χ3v) is 3.34. The smallest absolute Gasteiger partial charge is 0.274 e. The third kappa shape index (κ3) is 3.78. The van der Waals surface area contributed by atoms with E-state index in [1.165, 1.54) is 12.1 Å². The van der Waals surface area contributed by atoms with Gasteiger partial charge in [-0.1, -0.05) is 0 Å². The van der Waals surface area contributed by atoms with Crippen LogP contribution in [0.25, 0.3) is 0 Å². The van der Waals surface area contributed by atoms with Crippen molar-refractivity contribution in [2.24, 2.45) is 0 Å².